The molecule has 0 aliphatic carbocycles. The smallest absolute Gasteiger partial charge is 0.230 e. The molecule has 0 unspecified atom stereocenters. The van der Waals surface area contributed by atoms with Gasteiger partial charge < -0.3 is 18.6 Å². The van der Waals surface area contributed by atoms with Crippen LogP contribution in [0, 0.1) is 0 Å². The Bertz CT molecular complexity index is 810. The number of aromatic nitrogens is 1. The zero-order chi connectivity index (χ0) is 16.2. The van der Waals surface area contributed by atoms with E-state index in [0.717, 1.165) is 16.9 Å². The third kappa shape index (κ3) is 2.73. The normalized spacial score (nSPS) is 10.4. The molecule has 0 saturated carbocycles. The number of para-hydroxylation sites is 2. The number of ether oxygens (including phenoxy) is 3. The fraction of sp³-hybridized carbons (Fsp3) is 0.167. The average molecular weight is 311 g/mol. The van der Waals surface area contributed by atoms with Crippen LogP contribution >= 0.6 is 0 Å². The van der Waals surface area contributed by atoms with Crippen molar-refractivity contribution >= 4 is 0 Å². The van der Waals surface area contributed by atoms with Gasteiger partial charge in [-0.15, -0.1) is 0 Å². The van der Waals surface area contributed by atoms with Gasteiger partial charge in [0.05, 0.1) is 26.9 Å². The Labute approximate surface area is 134 Å². The van der Waals surface area contributed by atoms with Gasteiger partial charge in [-0.05, 0) is 24.3 Å². The van der Waals surface area contributed by atoms with E-state index in [9.17, 15) is 0 Å². The first-order valence-electron chi connectivity index (χ1n) is 7.08. The van der Waals surface area contributed by atoms with Crippen molar-refractivity contribution < 1.29 is 18.6 Å². The van der Waals surface area contributed by atoms with Gasteiger partial charge in [0.15, 0.2) is 11.5 Å². The summed E-state index contributed by atoms with van der Waals surface area (Å²) < 4.78 is 21.8. The molecule has 0 N–H and O–H groups in total. The fourth-order valence-electron chi connectivity index (χ4n) is 2.43. The van der Waals surface area contributed by atoms with Gasteiger partial charge in [-0.2, -0.15) is 0 Å². The number of nitrogens with zero attached hydrogens (tertiary/aromatic N) is 1. The van der Waals surface area contributed by atoms with E-state index in [2.05, 4.69) is 4.98 Å². The molecule has 3 aromatic rings. The SMILES string of the molecule is COc1ccccc1-c1coc(-c2cccc(OC)c2OC)n1. The molecule has 0 fully saturated rings. The van der Waals surface area contributed by atoms with Crippen LogP contribution in [0.15, 0.2) is 53.1 Å². The van der Waals surface area contributed by atoms with Crippen LogP contribution in [-0.4, -0.2) is 26.3 Å². The van der Waals surface area contributed by atoms with E-state index < -0.39 is 0 Å². The Morgan fingerprint density at radius 1 is 0.783 bits per heavy atom. The maximum atomic E-state index is 5.64. The van der Waals surface area contributed by atoms with Crippen LogP contribution in [0.3, 0.4) is 0 Å². The van der Waals surface area contributed by atoms with Gasteiger partial charge in [0.1, 0.15) is 17.7 Å². The molecular weight excluding hydrogens is 294 g/mol. The number of methoxy groups -OCH3 is 3. The van der Waals surface area contributed by atoms with Crippen molar-refractivity contribution in [1.82, 2.24) is 4.98 Å². The van der Waals surface area contributed by atoms with Crippen molar-refractivity contribution in [3.63, 3.8) is 0 Å². The van der Waals surface area contributed by atoms with Crippen molar-refractivity contribution in [1.29, 1.82) is 0 Å². The maximum absolute atomic E-state index is 5.64. The molecule has 5 nitrogen and oxygen atoms in total. The van der Waals surface area contributed by atoms with Crippen LogP contribution in [-0.2, 0) is 0 Å². The molecule has 0 spiro atoms. The highest BCUT2D eigenvalue weighted by Crippen LogP contribution is 2.39. The quantitative estimate of drug-likeness (QED) is 0.712. The molecular formula is C18H17NO4. The number of benzene rings is 2. The first-order valence-corrected chi connectivity index (χ1v) is 7.08. The van der Waals surface area contributed by atoms with Gasteiger partial charge in [0.25, 0.3) is 0 Å². The molecule has 1 heterocycles. The molecule has 0 saturated heterocycles. The number of oxazole rings is 1. The lowest BCUT2D eigenvalue weighted by Gasteiger charge is -2.10. The molecule has 1 aromatic heterocycles. The minimum absolute atomic E-state index is 0.460. The van der Waals surface area contributed by atoms with E-state index >= 15 is 0 Å². The van der Waals surface area contributed by atoms with Crippen LogP contribution in [0.2, 0.25) is 0 Å². The maximum Gasteiger partial charge on any atom is 0.230 e. The molecule has 0 radical (unpaired) electrons. The molecule has 3 rings (SSSR count). The van der Waals surface area contributed by atoms with Crippen molar-refractivity contribution in [2.75, 3.05) is 21.3 Å². The Kier molecular flexibility index (Phi) is 4.19. The Morgan fingerprint density at radius 2 is 1.48 bits per heavy atom. The topological polar surface area (TPSA) is 53.7 Å². The van der Waals surface area contributed by atoms with Crippen LogP contribution < -0.4 is 14.2 Å². The largest absolute Gasteiger partial charge is 0.496 e. The molecule has 5 heteroatoms. The molecule has 0 bridgehead atoms. The van der Waals surface area contributed by atoms with E-state index in [4.69, 9.17) is 18.6 Å². The monoisotopic (exact) mass is 311 g/mol. The summed E-state index contributed by atoms with van der Waals surface area (Å²) in [7, 11) is 4.81. The molecule has 23 heavy (non-hydrogen) atoms. The Balaban J connectivity index is 2.06. The van der Waals surface area contributed by atoms with Gasteiger partial charge in [0.2, 0.25) is 5.89 Å². The lowest BCUT2D eigenvalue weighted by Crippen LogP contribution is -1.93. The second-order valence-electron chi connectivity index (χ2n) is 4.78. The van der Waals surface area contributed by atoms with Crippen LogP contribution in [0.4, 0.5) is 0 Å². The van der Waals surface area contributed by atoms with Crippen molar-refractivity contribution in [2.45, 2.75) is 0 Å². The Hall–Kier alpha value is -2.95. The summed E-state index contributed by atoms with van der Waals surface area (Å²) in [6, 6.07) is 13.2. The third-order valence-corrected chi connectivity index (χ3v) is 3.52. The number of rotatable bonds is 5. The van der Waals surface area contributed by atoms with Gasteiger partial charge in [-0.1, -0.05) is 18.2 Å². The average Bonchev–Trinajstić information content (AvgIpc) is 3.10. The zero-order valence-corrected chi connectivity index (χ0v) is 13.2. The Morgan fingerprint density at radius 3 is 2.22 bits per heavy atom. The summed E-state index contributed by atoms with van der Waals surface area (Å²) in [5, 5.41) is 0. The predicted octanol–water partition coefficient (Wildman–Crippen LogP) is 4.03. The number of hydrogen-bond acceptors (Lipinski definition) is 5. The van der Waals surface area contributed by atoms with Crippen molar-refractivity contribution in [3.8, 4) is 40.0 Å². The molecule has 118 valence electrons. The summed E-state index contributed by atoms with van der Waals surface area (Å²) in [6.45, 7) is 0. The highest BCUT2D eigenvalue weighted by Gasteiger charge is 2.17. The van der Waals surface area contributed by atoms with Crippen LogP contribution in [0.5, 0.6) is 17.2 Å². The standard InChI is InChI=1S/C18H17NO4/c1-20-15-9-5-4-7-12(15)14-11-23-18(19-14)13-8-6-10-16(21-2)17(13)22-3/h4-11H,1-3H3. The molecule has 0 amide bonds. The lowest BCUT2D eigenvalue weighted by molar-refractivity contribution is 0.355. The summed E-state index contributed by atoms with van der Waals surface area (Å²) in [6.07, 6.45) is 1.60. The molecule has 0 aliphatic rings. The van der Waals surface area contributed by atoms with E-state index in [1.807, 2.05) is 42.5 Å². The lowest BCUT2D eigenvalue weighted by atomic mass is 10.1. The number of hydrogen-bond donors (Lipinski definition) is 0. The second kappa shape index (κ2) is 6.44. The predicted molar refractivity (Wildman–Crippen MR) is 87.0 cm³/mol. The highest BCUT2D eigenvalue weighted by atomic mass is 16.5. The summed E-state index contributed by atoms with van der Waals surface area (Å²) in [5.74, 6) is 2.41. The van der Waals surface area contributed by atoms with Gasteiger partial charge in [-0.3, -0.25) is 0 Å². The van der Waals surface area contributed by atoms with E-state index in [-0.39, 0.29) is 0 Å². The minimum atomic E-state index is 0.460. The van der Waals surface area contributed by atoms with Crippen molar-refractivity contribution in [3.05, 3.63) is 48.7 Å². The van der Waals surface area contributed by atoms with Crippen LogP contribution in [0.25, 0.3) is 22.7 Å². The van der Waals surface area contributed by atoms with Crippen LogP contribution in [0.1, 0.15) is 0 Å². The second-order valence-corrected chi connectivity index (χ2v) is 4.78. The van der Waals surface area contributed by atoms with E-state index in [0.29, 0.717) is 23.1 Å². The summed E-state index contributed by atoms with van der Waals surface area (Å²) >= 11 is 0. The van der Waals surface area contributed by atoms with Gasteiger partial charge in [-0.25, -0.2) is 4.98 Å². The highest BCUT2D eigenvalue weighted by molar-refractivity contribution is 5.72. The fourth-order valence-corrected chi connectivity index (χ4v) is 2.43. The van der Waals surface area contributed by atoms with Gasteiger partial charge in [0, 0.05) is 5.56 Å². The van der Waals surface area contributed by atoms with Gasteiger partial charge >= 0.3 is 0 Å². The van der Waals surface area contributed by atoms with Crippen molar-refractivity contribution in [2.24, 2.45) is 0 Å². The van der Waals surface area contributed by atoms with E-state index in [1.54, 1.807) is 27.6 Å². The third-order valence-electron chi connectivity index (χ3n) is 3.52. The molecule has 0 atom stereocenters. The van der Waals surface area contributed by atoms with E-state index in [1.165, 1.54) is 0 Å². The molecule has 0 aliphatic heterocycles. The summed E-state index contributed by atoms with van der Waals surface area (Å²) in [5.41, 5.74) is 2.29. The first-order chi connectivity index (χ1) is 11.3. The summed E-state index contributed by atoms with van der Waals surface area (Å²) in [4.78, 5) is 4.56. The minimum Gasteiger partial charge on any atom is -0.496 e. The first kappa shape index (κ1) is 15.0. The zero-order valence-electron chi connectivity index (χ0n) is 13.2. The molecule has 2 aromatic carbocycles.